The smallest absolute Gasteiger partial charge is 0.137 e. The van der Waals surface area contributed by atoms with E-state index in [0.717, 1.165) is 24.4 Å². The third kappa shape index (κ3) is 4.17. The quantitative estimate of drug-likeness (QED) is 0.671. The van der Waals surface area contributed by atoms with Crippen molar-refractivity contribution < 1.29 is 4.74 Å². The second-order valence-electron chi connectivity index (χ2n) is 7.01. The van der Waals surface area contributed by atoms with Crippen LogP contribution >= 0.6 is 0 Å². The van der Waals surface area contributed by atoms with Gasteiger partial charge in [0.1, 0.15) is 18.4 Å². The summed E-state index contributed by atoms with van der Waals surface area (Å²) < 4.78 is 7.37. The Balaban J connectivity index is 1.55. The highest BCUT2D eigenvalue weighted by Gasteiger charge is 2.24. The van der Waals surface area contributed by atoms with E-state index in [1.165, 1.54) is 30.4 Å². The summed E-state index contributed by atoms with van der Waals surface area (Å²) in [5.74, 6) is 0.886. The highest BCUT2D eigenvalue weighted by atomic mass is 16.5. The van der Waals surface area contributed by atoms with E-state index in [4.69, 9.17) is 4.74 Å². The molecular formula is C21H25N5O. The molecule has 0 amide bonds. The van der Waals surface area contributed by atoms with Gasteiger partial charge in [0, 0.05) is 30.5 Å². The van der Waals surface area contributed by atoms with E-state index in [1.807, 2.05) is 23.1 Å². The Bertz CT molecular complexity index is 850. The number of piperidine rings is 1. The molecule has 0 unspecified atom stereocenters. The predicted molar refractivity (Wildman–Crippen MR) is 103 cm³/mol. The molecule has 0 radical (unpaired) electrons. The van der Waals surface area contributed by atoms with Gasteiger partial charge >= 0.3 is 0 Å². The van der Waals surface area contributed by atoms with Gasteiger partial charge in [0.05, 0.1) is 13.7 Å². The Labute approximate surface area is 159 Å². The molecule has 6 nitrogen and oxygen atoms in total. The molecule has 1 aliphatic rings. The van der Waals surface area contributed by atoms with Gasteiger partial charge in [0.2, 0.25) is 0 Å². The molecule has 1 aromatic carbocycles. The van der Waals surface area contributed by atoms with Crippen molar-refractivity contribution in [1.82, 2.24) is 24.6 Å². The molecule has 1 atom stereocenters. The SMILES string of the molecule is COc1ccc(CN2CCCC[C@@H]2c2cccnc2)cc1Cn1cncn1. The lowest BCUT2D eigenvalue weighted by molar-refractivity contribution is 0.140. The maximum atomic E-state index is 5.55. The van der Waals surface area contributed by atoms with Crippen LogP contribution in [0, 0.1) is 0 Å². The van der Waals surface area contributed by atoms with Crippen LogP contribution in [0.2, 0.25) is 0 Å². The van der Waals surface area contributed by atoms with Gasteiger partial charge < -0.3 is 4.74 Å². The largest absolute Gasteiger partial charge is 0.496 e. The number of aromatic nitrogens is 4. The van der Waals surface area contributed by atoms with Gasteiger partial charge in [-0.1, -0.05) is 18.6 Å². The second kappa shape index (κ2) is 8.31. The minimum atomic E-state index is 0.438. The topological polar surface area (TPSA) is 56.1 Å². The fourth-order valence-electron chi connectivity index (χ4n) is 3.91. The van der Waals surface area contributed by atoms with Gasteiger partial charge in [0.25, 0.3) is 0 Å². The predicted octanol–water partition coefficient (Wildman–Crippen LogP) is 3.46. The number of methoxy groups -OCH3 is 1. The molecule has 1 aliphatic heterocycles. The van der Waals surface area contributed by atoms with E-state index in [1.54, 1.807) is 19.8 Å². The molecule has 4 rings (SSSR count). The molecule has 0 aliphatic carbocycles. The number of ether oxygens (including phenoxy) is 1. The van der Waals surface area contributed by atoms with Crippen LogP contribution in [0.15, 0.2) is 55.4 Å². The van der Waals surface area contributed by atoms with Crippen LogP contribution in [0.5, 0.6) is 5.75 Å². The highest BCUT2D eigenvalue weighted by Crippen LogP contribution is 2.32. The molecule has 0 N–H and O–H groups in total. The van der Waals surface area contributed by atoms with Crippen molar-refractivity contribution >= 4 is 0 Å². The van der Waals surface area contributed by atoms with Gasteiger partial charge in [-0.2, -0.15) is 5.10 Å². The summed E-state index contributed by atoms with van der Waals surface area (Å²) in [6.45, 7) is 2.70. The summed E-state index contributed by atoms with van der Waals surface area (Å²) in [6, 6.07) is 11.1. The van der Waals surface area contributed by atoms with Gasteiger partial charge in [-0.3, -0.25) is 9.88 Å². The third-order valence-electron chi connectivity index (χ3n) is 5.21. The van der Waals surface area contributed by atoms with Crippen LogP contribution in [-0.4, -0.2) is 38.3 Å². The molecule has 2 aromatic heterocycles. The maximum Gasteiger partial charge on any atom is 0.137 e. The molecule has 0 spiro atoms. The fraction of sp³-hybridized carbons (Fsp3) is 0.381. The summed E-state index contributed by atoms with van der Waals surface area (Å²) in [5, 5.41) is 4.22. The van der Waals surface area contributed by atoms with Crippen molar-refractivity contribution in [3.63, 3.8) is 0 Å². The number of hydrogen-bond acceptors (Lipinski definition) is 5. The minimum Gasteiger partial charge on any atom is -0.496 e. The van der Waals surface area contributed by atoms with Crippen LogP contribution < -0.4 is 4.74 Å². The second-order valence-corrected chi connectivity index (χ2v) is 7.01. The van der Waals surface area contributed by atoms with Gasteiger partial charge in [0.15, 0.2) is 0 Å². The number of rotatable bonds is 6. The van der Waals surface area contributed by atoms with Crippen LogP contribution in [0.3, 0.4) is 0 Å². The zero-order valence-electron chi connectivity index (χ0n) is 15.7. The van der Waals surface area contributed by atoms with Crippen molar-refractivity contribution in [2.24, 2.45) is 0 Å². The average Bonchev–Trinajstić information content (AvgIpc) is 3.22. The van der Waals surface area contributed by atoms with E-state index in [-0.39, 0.29) is 0 Å². The number of benzene rings is 1. The first-order valence-corrected chi connectivity index (χ1v) is 9.45. The van der Waals surface area contributed by atoms with Crippen molar-refractivity contribution in [3.05, 3.63) is 72.1 Å². The molecule has 27 heavy (non-hydrogen) atoms. The Morgan fingerprint density at radius 3 is 2.89 bits per heavy atom. The minimum absolute atomic E-state index is 0.438. The normalized spacial score (nSPS) is 17.7. The summed E-state index contributed by atoms with van der Waals surface area (Å²) in [5.41, 5.74) is 3.73. The number of hydrogen-bond donors (Lipinski definition) is 0. The van der Waals surface area contributed by atoms with E-state index in [9.17, 15) is 0 Å². The Morgan fingerprint density at radius 2 is 2.11 bits per heavy atom. The van der Waals surface area contributed by atoms with Crippen molar-refractivity contribution in [1.29, 1.82) is 0 Å². The van der Waals surface area contributed by atoms with Crippen LogP contribution in [0.4, 0.5) is 0 Å². The van der Waals surface area contributed by atoms with Crippen molar-refractivity contribution in [2.45, 2.75) is 38.4 Å². The summed E-state index contributed by atoms with van der Waals surface area (Å²) >= 11 is 0. The third-order valence-corrected chi connectivity index (χ3v) is 5.21. The van der Waals surface area contributed by atoms with E-state index < -0.39 is 0 Å². The standard InChI is InChI=1S/C21H25N5O/c1-27-21-8-7-17(11-19(21)14-26-16-23-15-24-26)13-25-10-3-2-6-20(25)18-5-4-9-22-12-18/h4-5,7-9,11-12,15-16,20H,2-3,6,10,13-14H2,1H3/t20-/m1/s1. The first-order valence-electron chi connectivity index (χ1n) is 9.45. The molecule has 140 valence electrons. The first-order chi connectivity index (χ1) is 13.3. The van der Waals surface area contributed by atoms with E-state index >= 15 is 0 Å². The highest BCUT2D eigenvalue weighted by molar-refractivity contribution is 5.37. The van der Waals surface area contributed by atoms with E-state index in [0.29, 0.717) is 12.6 Å². The molecule has 3 heterocycles. The summed E-state index contributed by atoms with van der Waals surface area (Å²) in [7, 11) is 1.71. The summed E-state index contributed by atoms with van der Waals surface area (Å²) in [4.78, 5) is 10.9. The van der Waals surface area contributed by atoms with Crippen LogP contribution in [0.1, 0.15) is 42.0 Å². The summed E-state index contributed by atoms with van der Waals surface area (Å²) in [6.07, 6.45) is 10.9. The van der Waals surface area contributed by atoms with Crippen LogP contribution in [-0.2, 0) is 13.1 Å². The monoisotopic (exact) mass is 363 g/mol. The Morgan fingerprint density at radius 1 is 1.15 bits per heavy atom. The molecule has 1 saturated heterocycles. The molecule has 0 bridgehead atoms. The Kier molecular flexibility index (Phi) is 5.44. The molecule has 0 saturated carbocycles. The van der Waals surface area contributed by atoms with Gasteiger partial charge in [-0.05, 0) is 48.7 Å². The number of pyridine rings is 1. The fourth-order valence-corrected chi connectivity index (χ4v) is 3.91. The maximum absolute atomic E-state index is 5.55. The number of nitrogens with zero attached hydrogens (tertiary/aromatic N) is 5. The molecule has 3 aromatic rings. The lowest BCUT2D eigenvalue weighted by Gasteiger charge is -2.36. The van der Waals surface area contributed by atoms with Gasteiger partial charge in [-0.25, -0.2) is 9.67 Å². The zero-order chi connectivity index (χ0) is 18.5. The zero-order valence-corrected chi connectivity index (χ0v) is 15.7. The molecule has 1 fully saturated rings. The van der Waals surface area contributed by atoms with Crippen LogP contribution in [0.25, 0.3) is 0 Å². The first kappa shape index (κ1) is 17.7. The lowest BCUT2D eigenvalue weighted by atomic mass is 9.95. The van der Waals surface area contributed by atoms with Crippen molar-refractivity contribution in [2.75, 3.05) is 13.7 Å². The van der Waals surface area contributed by atoms with Crippen molar-refractivity contribution in [3.8, 4) is 5.75 Å². The Hall–Kier alpha value is -2.73. The number of likely N-dealkylation sites (tertiary alicyclic amines) is 1. The van der Waals surface area contributed by atoms with Gasteiger partial charge in [-0.15, -0.1) is 0 Å². The average molecular weight is 363 g/mol. The molecule has 6 heteroatoms. The molecular weight excluding hydrogens is 338 g/mol. The van der Waals surface area contributed by atoms with E-state index in [2.05, 4.69) is 44.2 Å². The lowest BCUT2D eigenvalue weighted by Crippen LogP contribution is -2.33.